The maximum absolute atomic E-state index is 12.0. The van der Waals surface area contributed by atoms with E-state index in [1.54, 1.807) is 12.1 Å². The third kappa shape index (κ3) is 4.16. The molecular weight excluding hydrogens is 232 g/mol. The molecular formula is C13H18N2O3. The van der Waals surface area contributed by atoms with Gasteiger partial charge in [-0.1, -0.05) is 20.8 Å². The summed E-state index contributed by atoms with van der Waals surface area (Å²) < 4.78 is 0. The molecule has 5 heteroatoms. The number of carboxylic acids is 1. The highest BCUT2D eigenvalue weighted by Crippen LogP contribution is 2.22. The van der Waals surface area contributed by atoms with Crippen LogP contribution < -0.4 is 5.32 Å². The zero-order valence-electron chi connectivity index (χ0n) is 10.8. The van der Waals surface area contributed by atoms with Crippen molar-refractivity contribution in [3.05, 3.63) is 30.1 Å². The van der Waals surface area contributed by atoms with E-state index in [1.807, 2.05) is 20.8 Å². The molecule has 1 heterocycles. The molecule has 1 aromatic heterocycles. The zero-order chi connectivity index (χ0) is 13.8. The number of aromatic nitrogens is 1. The highest BCUT2D eigenvalue weighted by molar-refractivity contribution is 5.94. The van der Waals surface area contributed by atoms with E-state index in [2.05, 4.69) is 10.3 Å². The molecule has 0 saturated heterocycles. The van der Waals surface area contributed by atoms with E-state index >= 15 is 0 Å². The SMILES string of the molecule is CC(C)(C)C(CC(=O)O)NC(=O)c1ccncc1. The fraction of sp³-hybridized carbons (Fsp3) is 0.462. The van der Waals surface area contributed by atoms with Crippen molar-refractivity contribution >= 4 is 11.9 Å². The van der Waals surface area contributed by atoms with Gasteiger partial charge in [-0.3, -0.25) is 14.6 Å². The minimum absolute atomic E-state index is 0.0969. The van der Waals surface area contributed by atoms with Crippen LogP contribution in [0.15, 0.2) is 24.5 Å². The van der Waals surface area contributed by atoms with Gasteiger partial charge in [0.25, 0.3) is 5.91 Å². The molecule has 2 N–H and O–H groups in total. The van der Waals surface area contributed by atoms with Crippen molar-refractivity contribution in [2.75, 3.05) is 0 Å². The number of carbonyl (C=O) groups excluding carboxylic acids is 1. The molecule has 18 heavy (non-hydrogen) atoms. The van der Waals surface area contributed by atoms with Crippen LogP contribution in [0.3, 0.4) is 0 Å². The van der Waals surface area contributed by atoms with E-state index in [0.29, 0.717) is 5.56 Å². The summed E-state index contributed by atoms with van der Waals surface area (Å²) in [6.45, 7) is 5.69. The summed E-state index contributed by atoms with van der Waals surface area (Å²) in [4.78, 5) is 26.6. The van der Waals surface area contributed by atoms with Crippen molar-refractivity contribution in [2.45, 2.75) is 33.2 Å². The second-order valence-electron chi connectivity index (χ2n) is 5.23. The number of amides is 1. The van der Waals surface area contributed by atoms with E-state index < -0.39 is 12.0 Å². The Hall–Kier alpha value is -1.91. The molecule has 98 valence electrons. The predicted octanol–water partition coefficient (Wildman–Crippen LogP) is 1.70. The van der Waals surface area contributed by atoms with E-state index in [1.165, 1.54) is 12.4 Å². The Morgan fingerprint density at radius 3 is 2.33 bits per heavy atom. The molecule has 0 aliphatic rings. The van der Waals surface area contributed by atoms with Crippen molar-refractivity contribution in [3.63, 3.8) is 0 Å². The Bertz CT molecular complexity index is 424. The van der Waals surface area contributed by atoms with E-state index in [-0.39, 0.29) is 17.7 Å². The maximum Gasteiger partial charge on any atom is 0.305 e. The van der Waals surface area contributed by atoms with E-state index in [9.17, 15) is 9.59 Å². The van der Waals surface area contributed by atoms with Gasteiger partial charge < -0.3 is 10.4 Å². The normalized spacial score (nSPS) is 12.8. The molecule has 1 aromatic rings. The smallest absolute Gasteiger partial charge is 0.305 e. The summed E-state index contributed by atoms with van der Waals surface area (Å²) in [6.07, 6.45) is 2.96. The van der Waals surface area contributed by atoms with Gasteiger partial charge in [-0.25, -0.2) is 0 Å². The summed E-state index contributed by atoms with van der Waals surface area (Å²) in [6, 6.07) is 2.77. The number of hydrogen-bond acceptors (Lipinski definition) is 3. The minimum atomic E-state index is -0.926. The maximum atomic E-state index is 12.0. The molecule has 1 atom stereocenters. The molecule has 0 fully saturated rings. The Balaban J connectivity index is 2.78. The molecule has 0 aromatic carbocycles. The topological polar surface area (TPSA) is 79.3 Å². The van der Waals surface area contributed by atoms with Gasteiger partial charge in [0.2, 0.25) is 0 Å². The fourth-order valence-corrected chi connectivity index (χ4v) is 1.49. The number of carbonyl (C=O) groups is 2. The molecule has 0 aliphatic heterocycles. The van der Waals surface area contributed by atoms with Crippen LogP contribution in [-0.4, -0.2) is 28.0 Å². The van der Waals surface area contributed by atoms with Crippen LogP contribution in [0.25, 0.3) is 0 Å². The predicted molar refractivity (Wildman–Crippen MR) is 67.2 cm³/mol. The number of carboxylic acid groups (broad SMARTS) is 1. The van der Waals surface area contributed by atoms with Gasteiger partial charge in [-0.15, -0.1) is 0 Å². The summed E-state index contributed by atoms with van der Waals surface area (Å²) in [5.41, 5.74) is 0.158. The van der Waals surface area contributed by atoms with E-state index in [0.717, 1.165) is 0 Å². The lowest BCUT2D eigenvalue weighted by atomic mass is 9.84. The molecule has 0 saturated carbocycles. The van der Waals surface area contributed by atoms with Crippen molar-refractivity contribution in [2.24, 2.45) is 5.41 Å². The van der Waals surface area contributed by atoms with Gasteiger partial charge >= 0.3 is 5.97 Å². The van der Waals surface area contributed by atoms with Crippen LogP contribution in [0, 0.1) is 5.41 Å². The molecule has 1 amide bonds. The Labute approximate surface area is 106 Å². The molecule has 1 rings (SSSR count). The lowest BCUT2D eigenvalue weighted by Crippen LogP contribution is -2.45. The average Bonchev–Trinajstić information content (AvgIpc) is 2.27. The lowest BCUT2D eigenvalue weighted by molar-refractivity contribution is -0.138. The lowest BCUT2D eigenvalue weighted by Gasteiger charge is -2.30. The third-order valence-corrected chi connectivity index (χ3v) is 2.67. The van der Waals surface area contributed by atoms with Crippen LogP contribution in [0.4, 0.5) is 0 Å². The Kier molecular flexibility index (Phi) is 4.42. The number of rotatable bonds is 4. The molecule has 5 nitrogen and oxygen atoms in total. The van der Waals surface area contributed by atoms with Crippen molar-refractivity contribution in [3.8, 4) is 0 Å². The second kappa shape index (κ2) is 5.62. The summed E-state index contributed by atoms with van der Waals surface area (Å²) in [7, 11) is 0. The number of hydrogen-bond donors (Lipinski definition) is 2. The number of nitrogens with one attached hydrogen (secondary N) is 1. The first kappa shape index (κ1) is 14.2. The monoisotopic (exact) mass is 250 g/mol. The Morgan fingerprint density at radius 2 is 1.89 bits per heavy atom. The standard InChI is InChI=1S/C13H18N2O3/c1-13(2,3)10(8-11(16)17)15-12(18)9-4-6-14-7-5-9/h4-7,10H,8H2,1-3H3,(H,15,18)(H,16,17). The van der Waals surface area contributed by atoms with Gasteiger partial charge in [0.1, 0.15) is 0 Å². The molecule has 1 unspecified atom stereocenters. The van der Waals surface area contributed by atoms with Crippen molar-refractivity contribution < 1.29 is 14.7 Å². The second-order valence-corrected chi connectivity index (χ2v) is 5.23. The average molecular weight is 250 g/mol. The first-order chi connectivity index (χ1) is 8.30. The van der Waals surface area contributed by atoms with Crippen LogP contribution in [0.5, 0.6) is 0 Å². The number of aliphatic carboxylic acids is 1. The third-order valence-electron chi connectivity index (χ3n) is 2.67. The first-order valence-electron chi connectivity index (χ1n) is 5.73. The highest BCUT2D eigenvalue weighted by Gasteiger charge is 2.28. The minimum Gasteiger partial charge on any atom is -0.481 e. The van der Waals surface area contributed by atoms with Gasteiger partial charge in [0, 0.05) is 24.0 Å². The summed E-state index contributed by atoms with van der Waals surface area (Å²) >= 11 is 0. The number of pyridine rings is 1. The quantitative estimate of drug-likeness (QED) is 0.852. The van der Waals surface area contributed by atoms with Crippen LogP contribution in [0.1, 0.15) is 37.6 Å². The first-order valence-corrected chi connectivity index (χ1v) is 5.73. The highest BCUT2D eigenvalue weighted by atomic mass is 16.4. The molecule has 0 spiro atoms. The largest absolute Gasteiger partial charge is 0.481 e. The van der Waals surface area contributed by atoms with Crippen molar-refractivity contribution in [1.82, 2.24) is 10.3 Å². The zero-order valence-corrected chi connectivity index (χ0v) is 10.8. The van der Waals surface area contributed by atoms with Gasteiger partial charge in [0.05, 0.1) is 6.42 Å². The van der Waals surface area contributed by atoms with Crippen molar-refractivity contribution in [1.29, 1.82) is 0 Å². The summed E-state index contributed by atoms with van der Waals surface area (Å²) in [5.74, 6) is -1.21. The Morgan fingerprint density at radius 1 is 1.33 bits per heavy atom. The molecule has 0 aliphatic carbocycles. The van der Waals surface area contributed by atoms with Crippen LogP contribution in [0.2, 0.25) is 0 Å². The number of nitrogens with zero attached hydrogens (tertiary/aromatic N) is 1. The molecule has 0 bridgehead atoms. The van der Waals surface area contributed by atoms with E-state index in [4.69, 9.17) is 5.11 Å². The van der Waals surface area contributed by atoms with Gasteiger partial charge in [0.15, 0.2) is 0 Å². The van der Waals surface area contributed by atoms with Crippen LogP contribution >= 0.6 is 0 Å². The van der Waals surface area contributed by atoms with Gasteiger partial charge in [-0.2, -0.15) is 0 Å². The van der Waals surface area contributed by atoms with Gasteiger partial charge in [-0.05, 0) is 17.5 Å². The fourth-order valence-electron chi connectivity index (χ4n) is 1.49. The van der Waals surface area contributed by atoms with Crippen LogP contribution in [-0.2, 0) is 4.79 Å². The summed E-state index contributed by atoms with van der Waals surface area (Å²) in [5, 5.41) is 11.6. The molecule has 0 radical (unpaired) electrons.